The second-order valence-corrected chi connectivity index (χ2v) is 5.60. The quantitative estimate of drug-likeness (QED) is 0.628. The van der Waals surface area contributed by atoms with E-state index in [0.717, 1.165) is 11.1 Å². The van der Waals surface area contributed by atoms with E-state index in [4.69, 9.17) is 15.9 Å². The van der Waals surface area contributed by atoms with Crippen molar-refractivity contribution >= 4 is 5.97 Å². The summed E-state index contributed by atoms with van der Waals surface area (Å²) in [6.07, 6.45) is 4.39. The Morgan fingerprint density at radius 2 is 2.12 bits per heavy atom. The number of nitriles is 2. The summed E-state index contributed by atoms with van der Waals surface area (Å²) >= 11 is 0. The number of ether oxygens (including phenoxy) is 2. The Balaban J connectivity index is 2.47. The lowest BCUT2D eigenvalue weighted by atomic mass is 9.78. The minimum Gasteiger partial charge on any atom is -0.466 e. The Morgan fingerprint density at radius 3 is 2.75 bits per heavy atom. The zero-order valence-electron chi connectivity index (χ0n) is 13.5. The Bertz CT molecular complexity index is 722. The average molecular weight is 322 g/mol. The van der Waals surface area contributed by atoms with Crippen molar-refractivity contribution in [1.29, 1.82) is 10.5 Å². The van der Waals surface area contributed by atoms with Crippen LogP contribution in [0, 0.1) is 40.4 Å². The van der Waals surface area contributed by atoms with Crippen molar-refractivity contribution in [2.45, 2.75) is 38.4 Å². The minimum absolute atomic E-state index is 0.163. The van der Waals surface area contributed by atoms with Crippen LogP contribution in [-0.2, 0) is 20.7 Å². The van der Waals surface area contributed by atoms with Crippen LogP contribution in [0.25, 0.3) is 0 Å². The van der Waals surface area contributed by atoms with E-state index in [1.165, 1.54) is 0 Å². The van der Waals surface area contributed by atoms with Crippen LogP contribution in [0.15, 0.2) is 24.3 Å². The highest BCUT2D eigenvalue weighted by atomic mass is 16.5. The Labute approximate surface area is 141 Å². The Kier molecular flexibility index (Phi) is 5.59. The summed E-state index contributed by atoms with van der Waals surface area (Å²) in [5.74, 6) is 2.06. The van der Waals surface area contributed by atoms with Gasteiger partial charge >= 0.3 is 5.97 Å². The summed E-state index contributed by atoms with van der Waals surface area (Å²) in [4.78, 5) is 11.9. The van der Waals surface area contributed by atoms with E-state index in [-0.39, 0.29) is 19.4 Å². The monoisotopic (exact) mass is 322 g/mol. The first-order valence-electron chi connectivity index (χ1n) is 7.75. The highest BCUT2D eigenvalue weighted by Crippen LogP contribution is 2.41. The SMILES string of the molecule is C#CC[C@@H]1O[C@H](CC(=O)OCC)C(C#N)(C#N)Cc2ccccc21. The predicted octanol–water partition coefficient (Wildman–Crippen LogP) is 2.68. The molecule has 1 aliphatic heterocycles. The third-order valence-corrected chi connectivity index (χ3v) is 4.11. The summed E-state index contributed by atoms with van der Waals surface area (Å²) in [6, 6.07) is 11.6. The molecule has 5 nitrogen and oxygen atoms in total. The van der Waals surface area contributed by atoms with Gasteiger partial charge in [0.2, 0.25) is 0 Å². The number of fused-ring (bicyclic) bond motifs is 1. The van der Waals surface area contributed by atoms with Gasteiger partial charge in [-0.25, -0.2) is 0 Å². The van der Waals surface area contributed by atoms with Crippen molar-refractivity contribution in [2.24, 2.45) is 5.41 Å². The van der Waals surface area contributed by atoms with Crippen LogP contribution in [0.2, 0.25) is 0 Å². The van der Waals surface area contributed by atoms with Gasteiger partial charge in [-0.2, -0.15) is 10.5 Å². The van der Waals surface area contributed by atoms with Crippen molar-refractivity contribution in [3.8, 4) is 24.5 Å². The molecule has 0 amide bonds. The van der Waals surface area contributed by atoms with Gasteiger partial charge in [-0.05, 0) is 18.1 Å². The maximum absolute atomic E-state index is 11.9. The number of esters is 1. The van der Waals surface area contributed by atoms with E-state index >= 15 is 0 Å². The zero-order chi connectivity index (χ0) is 17.6. The maximum Gasteiger partial charge on any atom is 0.308 e. The lowest BCUT2D eigenvalue weighted by molar-refractivity contribution is -0.149. The molecule has 0 spiro atoms. The molecule has 0 radical (unpaired) electrons. The van der Waals surface area contributed by atoms with E-state index in [1.54, 1.807) is 6.92 Å². The molecule has 2 atom stereocenters. The molecule has 1 heterocycles. The summed E-state index contributed by atoms with van der Waals surface area (Å²) in [5, 5.41) is 19.4. The Hall–Kier alpha value is -2.81. The second kappa shape index (κ2) is 7.64. The van der Waals surface area contributed by atoms with Gasteiger partial charge in [-0.15, -0.1) is 12.3 Å². The van der Waals surface area contributed by atoms with E-state index in [9.17, 15) is 15.3 Å². The van der Waals surface area contributed by atoms with Crippen LogP contribution in [-0.4, -0.2) is 18.7 Å². The smallest absolute Gasteiger partial charge is 0.308 e. The van der Waals surface area contributed by atoms with Gasteiger partial charge in [0, 0.05) is 12.8 Å². The molecule has 5 heteroatoms. The molecule has 0 fully saturated rings. The van der Waals surface area contributed by atoms with Gasteiger partial charge in [0.1, 0.15) is 6.10 Å². The maximum atomic E-state index is 11.9. The van der Waals surface area contributed by atoms with Gasteiger partial charge in [0.25, 0.3) is 0 Å². The molecule has 0 unspecified atom stereocenters. The van der Waals surface area contributed by atoms with Crippen LogP contribution in [0.3, 0.4) is 0 Å². The van der Waals surface area contributed by atoms with Crippen LogP contribution in [0.4, 0.5) is 0 Å². The number of hydrogen-bond acceptors (Lipinski definition) is 5. The van der Waals surface area contributed by atoms with Crippen LogP contribution in [0.1, 0.15) is 37.0 Å². The van der Waals surface area contributed by atoms with E-state index in [0.29, 0.717) is 6.42 Å². The number of terminal acetylenes is 1. The molecule has 2 rings (SSSR count). The lowest BCUT2D eigenvalue weighted by Gasteiger charge is -2.28. The molecule has 122 valence electrons. The average Bonchev–Trinajstić information content (AvgIpc) is 2.71. The fraction of sp³-hybridized carbons (Fsp3) is 0.421. The standard InChI is InChI=1S/C19H18N2O3/c1-3-7-16-15-9-6-5-8-14(15)11-19(12-20,13-21)17(24-16)10-18(22)23-4-2/h1,5-6,8-9,16-17H,4,7,10-11H2,2H3/t16-,17+/m0/s1. The molecule has 1 aromatic rings. The molecule has 0 aromatic heterocycles. The molecule has 24 heavy (non-hydrogen) atoms. The highest BCUT2D eigenvalue weighted by molar-refractivity contribution is 5.70. The first kappa shape index (κ1) is 17.5. The van der Waals surface area contributed by atoms with Crippen molar-refractivity contribution in [3.63, 3.8) is 0 Å². The normalized spacial score (nSPS) is 21.2. The van der Waals surface area contributed by atoms with Crippen LogP contribution < -0.4 is 0 Å². The summed E-state index contributed by atoms with van der Waals surface area (Å²) in [7, 11) is 0. The molecule has 1 aliphatic rings. The summed E-state index contributed by atoms with van der Waals surface area (Å²) < 4.78 is 11.0. The number of benzene rings is 1. The van der Waals surface area contributed by atoms with Gasteiger partial charge in [0.05, 0.1) is 31.3 Å². The molecule has 0 saturated heterocycles. The first-order valence-corrected chi connectivity index (χ1v) is 7.75. The third-order valence-electron chi connectivity index (χ3n) is 4.11. The molecule has 1 aromatic carbocycles. The molecular formula is C19H18N2O3. The fourth-order valence-electron chi connectivity index (χ4n) is 2.92. The van der Waals surface area contributed by atoms with Crippen molar-refractivity contribution in [2.75, 3.05) is 6.61 Å². The first-order chi connectivity index (χ1) is 11.6. The predicted molar refractivity (Wildman–Crippen MR) is 86.1 cm³/mol. The molecule has 0 N–H and O–H groups in total. The van der Waals surface area contributed by atoms with Gasteiger partial charge in [-0.1, -0.05) is 24.3 Å². The van der Waals surface area contributed by atoms with Crippen molar-refractivity contribution < 1.29 is 14.3 Å². The molecule has 0 aliphatic carbocycles. The summed E-state index contributed by atoms with van der Waals surface area (Å²) in [5.41, 5.74) is 0.232. The largest absolute Gasteiger partial charge is 0.466 e. The van der Waals surface area contributed by atoms with Crippen LogP contribution in [0.5, 0.6) is 0 Å². The fourth-order valence-corrected chi connectivity index (χ4v) is 2.92. The molecule has 0 saturated carbocycles. The Morgan fingerprint density at radius 1 is 1.42 bits per heavy atom. The van der Waals surface area contributed by atoms with Gasteiger partial charge < -0.3 is 9.47 Å². The summed E-state index contributed by atoms with van der Waals surface area (Å²) in [6.45, 7) is 1.93. The highest BCUT2D eigenvalue weighted by Gasteiger charge is 2.46. The molecule has 0 bridgehead atoms. The topological polar surface area (TPSA) is 83.1 Å². The second-order valence-electron chi connectivity index (χ2n) is 5.60. The lowest BCUT2D eigenvalue weighted by Crippen LogP contribution is -2.38. The minimum atomic E-state index is -1.47. The number of hydrogen-bond donors (Lipinski definition) is 0. The number of rotatable bonds is 4. The van der Waals surface area contributed by atoms with E-state index in [1.807, 2.05) is 24.3 Å². The number of nitrogens with zero attached hydrogens (tertiary/aromatic N) is 2. The van der Waals surface area contributed by atoms with E-state index < -0.39 is 23.6 Å². The van der Waals surface area contributed by atoms with Gasteiger partial charge in [0.15, 0.2) is 5.41 Å². The van der Waals surface area contributed by atoms with E-state index in [2.05, 4.69) is 18.1 Å². The zero-order valence-corrected chi connectivity index (χ0v) is 13.5. The van der Waals surface area contributed by atoms with Crippen molar-refractivity contribution in [3.05, 3.63) is 35.4 Å². The molecular weight excluding hydrogens is 304 g/mol. The van der Waals surface area contributed by atoms with Crippen LogP contribution >= 0.6 is 0 Å². The third kappa shape index (κ3) is 3.40. The number of carbonyl (C=O) groups excluding carboxylic acids is 1. The van der Waals surface area contributed by atoms with Gasteiger partial charge in [-0.3, -0.25) is 4.79 Å². The van der Waals surface area contributed by atoms with Crippen molar-refractivity contribution in [1.82, 2.24) is 0 Å². The number of carbonyl (C=O) groups is 1.